The molecule has 3 rings (SSSR count). The van der Waals surface area contributed by atoms with E-state index in [1.54, 1.807) is 17.5 Å². The Balaban J connectivity index is 1.88. The van der Waals surface area contributed by atoms with E-state index in [2.05, 4.69) is 15.3 Å². The van der Waals surface area contributed by atoms with Crippen LogP contribution in [0.25, 0.3) is 20.9 Å². The summed E-state index contributed by atoms with van der Waals surface area (Å²) in [6, 6.07) is 11.5. The Labute approximate surface area is 120 Å². The van der Waals surface area contributed by atoms with Crippen LogP contribution < -0.4 is 5.32 Å². The lowest BCUT2D eigenvalue weighted by molar-refractivity contribution is -0.115. The van der Waals surface area contributed by atoms with Gasteiger partial charge in [-0.25, -0.2) is 9.97 Å². The van der Waals surface area contributed by atoms with Gasteiger partial charge < -0.3 is 5.32 Å². The van der Waals surface area contributed by atoms with Gasteiger partial charge in [0.1, 0.15) is 15.4 Å². The number of carbonyl (C=O) groups is 1. The molecule has 0 fully saturated rings. The first kappa shape index (κ1) is 12.7. The van der Waals surface area contributed by atoms with Gasteiger partial charge >= 0.3 is 0 Å². The number of nitrogens with one attached hydrogen (secondary N) is 1. The molecule has 0 unspecified atom stereocenters. The minimum absolute atomic E-state index is 0.0157. The summed E-state index contributed by atoms with van der Waals surface area (Å²) in [5.41, 5.74) is 2.75. The lowest BCUT2D eigenvalue weighted by Gasteiger charge is -2.03. The maximum Gasteiger partial charge on any atom is 0.224 e. The average Bonchev–Trinajstić information content (AvgIpc) is 2.91. The number of nitrogens with zero attached hydrogens (tertiary/aromatic N) is 2. The third-order valence-corrected chi connectivity index (χ3v) is 3.93. The molecule has 4 nitrogen and oxygen atoms in total. The largest absolute Gasteiger partial charge is 0.326 e. The molecule has 0 atom stereocenters. The Morgan fingerprint density at radius 2 is 2.05 bits per heavy atom. The van der Waals surface area contributed by atoms with Gasteiger partial charge in [0.2, 0.25) is 5.91 Å². The van der Waals surface area contributed by atoms with Crippen LogP contribution in [0.1, 0.15) is 13.3 Å². The Morgan fingerprint density at radius 3 is 2.75 bits per heavy atom. The van der Waals surface area contributed by atoms with Gasteiger partial charge in [0, 0.05) is 23.9 Å². The van der Waals surface area contributed by atoms with Crippen molar-refractivity contribution in [3.63, 3.8) is 0 Å². The molecule has 1 N–H and O–H groups in total. The zero-order chi connectivity index (χ0) is 13.9. The molecule has 0 spiro atoms. The van der Waals surface area contributed by atoms with E-state index >= 15 is 0 Å². The molecular formula is C15H13N3OS. The van der Waals surface area contributed by atoms with Gasteiger partial charge in [-0.3, -0.25) is 4.79 Å². The van der Waals surface area contributed by atoms with Crippen molar-refractivity contribution in [1.29, 1.82) is 0 Å². The van der Waals surface area contributed by atoms with E-state index < -0.39 is 0 Å². The predicted octanol–water partition coefficient (Wildman–Crippen LogP) is 3.71. The maximum atomic E-state index is 11.3. The number of hydrogen-bond acceptors (Lipinski definition) is 4. The van der Waals surface area contributed by atoms with Crippen molar-refractivity contribution in [3.05, 3.63) is 42.6 Å². The lowest BCUT2D eigenvalue weighted by atomic mass is 10.2. The molecule has 0 saturated carbocycles. The third kappa shape index (κ3) is 2.53. The molecule has 5 heteroatoms. The van der Waals surface area contributed by atoms with Crippen molar-refractivity contribution in [2.75, 3.05) is 5.32 Å². The predicted molar refractivity (Wildman–Crippen MR) is 81.8 cm³/mol. The normalized spacial score (nSPS) is 10.7. The van der Waals surface area contributed by atoms with Crippen LogP contribution >= 0.6 is 11.3 Å². The number of pyridine rings is 1. The highest BCUT2D eigenvalue weighted by atomic mass is 32.1. The van der Waals surface area contributed by atoms with Crippen LogP contribution in [-0.4, -0.2) is 15.9 Å². The number of anilines is 1. The Bertz CT molecular complexity index is 716. The molecule has 20 heavy (non-hydrogen) atoms. The van der Waals surface area contributed by atoms with E-state index in [0.29, 0.717) is 6.42 Å². The zero-order valence-corrected chi connectivity index (χ0v) is 11.8. The molecule has 2 heterocycles. The number of fused-ring (bicyclic) bond motifs is 1. The molecule has 0 bridgehead atoms. The van der Waals surface area contributed by atoms with Crippen molar-refractivity contribution in [1.82, 2.24) is 9.97 Å². The summed E-state index contributed by atoms with van der Waals surface area (Å²) >= 11 is 1.57. The summed E-state index contributed by atoms with van der Waals surface area (Å²) < 4.78 is 0. The van der Waals surface area contributed by atoms with Crippen LogP contribution in [0.2, 0.25) is 0 Å². The molecule has 0 aliphatic heterocycles. The summed E-state index contributed by atoms with van der Waals surface area (Å²) in [6.45, 7) is 1.83. The fourth-order valence-corrected chi connectivity index (χ4v) is 2.75. The molecule has 0 aliphatic carbocycles. The fraction of sp³-hybridized carbons (Fsp3) is 0.133. The van der Waals surface area contributed by atoms with E-state index in [-0.39, 0.29) is 5.91 Å². The number of benzene rings is 1. The number of carbonyl (C=O) groups excluding carboxylic acids is 1. The van der Waals surface area contributed by atoms with E-state index in [1.807, 2.05) is 43.3 Å². The second-order valence-corrected chi connectivity index (χ2v) is 5.30. The maximum absolute atomic E-state index is 11.3. The number of thiazole rings is 1. The van der Waals surface area contributed by atoms with Gasteiger partial charge in [0.15, 0.2) is 0 Å². The summed E-state index contributed by atoms with van der Waals surface area (Å²) in [7, 11) is 0. The number of amides is 1. The Morgan fingerprint density at radius 1 is 1.25 bits per heavy atom. The summed E-state index contributed by atoms with van der Waals surface area (Å²) in [6.07, 6.45) is 2.25. The van der Waals surface area contributed by atoms with Gasteiger partial charge in [-0.2, -0.15) is 0 Å². The minimum Gasteiger partial charge on any atom is -0.326 e. The van der Waals surface area contributed by atoms with E-state index in [0.717, 1.165) is 26.6 Å². The SMILES string of the molecule is CCC(=O)Nc1ccc(-c2nc3cccnc3s2)cc1. The Hall–Kier alpha value is -2.27. The smallest absolute Gasteiger partial charge is 0.224 e. The molecule has 100 valence electrons. The second kappa shape index (κ2) is 5.38. The number of hydrogen-bond donors (Lipinski definition) is 1. The Kier molecular flexibility index (Phi) is 3.43. The van der Waals surface area contributed by atoms with Gasteiger partial charge in [-0.05, 0) is 36.4 Å². The standard InChI is InChI=1S/C15H13N3OS/c1-2-13(19)17-11-7-5-10(6-8-11)14-18-12-4-3-9-16-15(12)20-14/h3-9H,2H2,1H3,(H,17,19). The van der Waals surface area contributed by atoms with Crippen molar-refractivity contribution < 1.29 is 4.79 Å². The first-order chi connectivity index (χ1) is 9.76. The van der Waals surface area contributed by atoms with Crippen LogP contribution in [-0.2, 0) is 4.79 Å². The van der Waals surface area contributed by atoms with Crippen molar-refractivity contribution in [2.45, 2.75) is 13.3 Å². The fourth-order valence-electron chi connectivity index (χ4n) is 1.84. The highest BCUT2D eigenvalue weighted by Crippen LogP contribution is 2.29. The summed E-state index contributed by atoms with van der Waals surface area (Å²) in [5.74, 6) is 0.0157. The topological polar surface area (TPSA) is 54.9 Å². The zero-order valence-electron chi connectivity index (χ0n) is 11.0. The molecule has 3 aromatic rings. The highest BCUT2D eigenvalue weighted by molar-refractivity contribution is 7.21. The lowest BCUT2D eigenvalue weighted by Crippen LogP contribution is -2.08. The summed E-state index contributed by atoms with van der Waals surface area (Å²) in [5, 5.41) is 3.77. The van der Waals surface area contributed by atoms with Crippen molar-refractivity contribution in [2.24, 2.45) is 0 Å². The van der Waals surface area contributed by atoms with Crippen LogP contribution in [0.3, 0.4) is 0 Å². The quantitative estimate of drug-likeness (QED) is 0.797. The summed E-state index contributed by atoms with van der Waals surface area (Å²) in [4.78, 5) is 21.1. The van der Waals surface area contributed by atoms with Gasteiger partial charge in [-0.1, -0.05) is 18.3 Å². The van der Waals surface area contributed by atoms with Crippen LogP contribution in [0.5, 0.6) is 0 Å². The number of aromatic nitrogens is 2. The first-order valence-electron chi connectivity index (χ1n) is 6.38. The molecule has 0 saturated heterocycles. The highest BCUT2D eigenvalue weighted by Gasteiger charge is 2.07. The average molecular weight is 283 g/mol. The van der Waals surface area contributed by atoms with Gasteiger partial charge in [0.25, 0.3) is 0 Å². The van der Waals surface area contributed by atoms with E-state index in [1.165, 1.54) is 0 Å². The van der Waals surface area contributed by atoms with E-state index in [4.69, 9.17) is 0 Å². The molecule has 1 amide bonds. The molecular weight excluding hydrogens is 270 g/mol. The van der Waals surface area contributed by atoms with E-state index in [9.17, 15) is 4.79 Å². The van der Waals surface area contributed by atoms with Crippen LogP contribution in [0.4, 0.5) is 5.69 Å². The van der Waals surface area contributed by atoms with Gasteiger partial charge in [-0.15, -0.1) is 0 Å². The molecule has 0 aliphatic rings. The van der Waals surface area contributed by atoms with Crippen LogP contribution in [0, 0.1) is 0 Å². The van der Waals surface area contributed by atoms with Crippen molar-refractivity contribution >= 4 is 33.3 Å². The second-order valence-electron chi connectivity index (χ2n) is 4.33. The monoisotopic (exact) mass is 283 g/mol. The van der Waals surface area contributed by atoms with Gasteiger partial charge in [0.05, 0.1) is 0 Å². The molecule has 0 radical (unpaired) electrons. The van der Waals surface area contributed by atoms with Crippen LogP contribution in [0.15, 0.2) is 42.6 Å². The molecule has 2 aromatic heterocycles. The minimum atomic E-state index is 0.0157. The molecule has 1 aromatic carbocycles. The van der Waals surface area contributed by atoms with Crippen molar-refractivity contribution in [3.8, 4) is 10.6 Å². The third-order valence-electron chi connectivity index (χ3n) is 2.90. The first-order valence-corrected chi connectivity index (χ1v) is 7.20. The number of rotatable bonds is 3.